The monoisotopic (exact) mass is 232 g/mol. The molecule has 0 atom stereocenters. The van der Waals surface area contributed by atoms with Crippen LogP contribution in [0.3, 0.4) is 0 Å². The van der Waals surface area contributed by atoms with E-state index in [-0.39, 0.29) is 0 Å². The molecule has 0 fully saturated rings. The normalized spacial score (nSPS) is 12.7. The smallest absolute Gasteiger partial charge is 0.318 e. The lowest BCUT2D eigenvalue weighted by molar-refractivity contribution is -0.138. The fourth-order valence-corrected chi connectivity index (χ4v) is 7.75. The molecule has 1 N–H and O–H groups in total. The molecule has 90 valence electrons. The molecule has 0 aliphatic carbocycles. The van der Waals surface area contributed by atoms with Crippen molar-refractivity contribution in [3.8, 4) is 0 Å². The van der Waals surface area contributed by atoms with Gasteiger partial charge in [-0.2, -0.15) is 0 Å². The fourth-order valence-electron chi connectivity index (χ4n) is 2.58. The summed E-state index contributed by atoms with van der Waals surface area (Å²) in [4.78, 5) is 11.3. The molecule has 4 heteroatoms. The van der Waals surface area contributed by atoms with Gasteiger partial charge in [-0.05, 0) is 16.6 Å². The Balaban J connectivity index is 5.05. The molecule has 0 spiro atoms. The lowest BCUT2D eigenvalue weighted by Gasteiger charge is -2.41. The minimum Gasteiger partial charge on any atom is -0.517 e. The standard InChI is InChI=1S/C11H24O3Si/c1-8(2)15(9(3)4,10(5)6)14-11(13)7-12/h8-10,12H,7H2,1-6H3. The van der Waals surface area contributed by atoms with Gasteiger partial charge in [0.1, 0.15) is 6.61 Å². The van der Waals surface area contributed by atoms with Gasteiger partial charge in [-0.25, -0.2) is 0 Å². The zero-order valence-corrected chi connectivity index (χ0v) is 11.7. The molecular weight excluding hydrogens is 208 g/mol. The molecule has 3 nitrogen and oxygen atoms in total. The van der Waals surface area contributed by atoms with Crippen molar-refractivity contribution in [1.82, 2.24) is 0 Å². The Hall–Kier alpha value is -0.353. The van der Waals surface area contributed by atoms with E-state index < -0.39 is 20.9 Å². The van der Waals surface area contributed by atoms with Crippen molar-refractivity contribution in [3.05, 3.63) is 0 Å². The van der Waals surface area contributed by atoms with E-state index in [2.05, 4.69) is 41.5 Å². The van der Waals surface area contributed by atoms with Gasteiger partial charge in [0.05, 0.1) is 0 Å². The molecule has 0 bridgehead atoms. The molecule has 0 aromatic carbocycles. The second-order valence-electron chi connectivity index (χ2n) is 4.95. The van der Waals surface area contributed by atoms with Crippen LogP contribution >= 0.6 is 0 Å². The molecule has 0 saturated heterocycles. The quantitative estimate of drug-likeness (QED) is 0.741. The van der Waals surface area contributed by atoms with Crippen LogP contribution in [0.1, 0.15) is 41.5 Å². The van der Waals surface area contributed by atoms with Gasteiger partial charge in [-0.1, -0.05) is 41.5 Å². The first kappa shape index (κ1) is 14.6. The average molecular weight is 232 g/mol. The third-order valence-electron chi connectivity index (χ3n) is 3.13. The summed E-state index contributed by atoms with van der Waals surface area (Å²) in [5, 5.41) is 8.79. The number of rotatable bonds is 5. The van der Waals surface area contributed by atoms with Gasteiger partial charge < -0.3 is 9.53 Å². The van der Waals surface area contributed by atoms with Crippen molar-refractivity contribution in [2.24, 2.45) is 0 Å². The SMILES string of the molecule is CC(C)[Si](OC(=O)CO)(C(C)C)C(C)C. The van der Waals surface area contributed by atoms with Crippen molar-refractivity contribution in [2.45, 2.75) is 58.2 Å². The summed E-state index contributed by atoms with van der Waals surface area (Å²) < 4.78 is 5.62. The first-order chi connectivity index (χ1) is 6.78. The van der Waals surface area contributed by atoms with Crippen molar-refractivity contribution in [3.63, 3.8) is 0 Å². The topological polar surface area (TPSA) is 46.5 Å². The van der Waals surface area contributed by atoms with E-state index in [0.29, 0.717) is 16.6 Å². The number of aliphatic hydroxyl groups excluding tert-OH is 1. The van der Waals surface area contributed by atoms with Crippen LogP contribution < -0.4 is 0 Å². The first-order valence-corrected chi connectivity index (χ1v) is 7.75. The van der Waals surface area contributed by atoms with Gasteiger partial charge in [0.15, 0.2) is 0 Å². The third kappa shape index (κ3) is 3.05. The maximum absolute atomic E-state index is 11.3. The van der Waals surface area contributed by atoms with Crippen LogP contribution in [0.25, 0.3) is 0 Å². The second-order valence-corrected chi connectivity index (χ2v) is 10.3. The Morgan fingerprint density at radius 3 is 1.60 bits per heavy atom. The Morgan fingerprint density at radius 1 is 1.07 bits per heavy atom. The molecule has 0 amide bonds. The zero-order chi connectivity index (χ0) is 12.2. The van der Waals surface area contributed by atoms with E-state index in [1.54, 1.807) is 0 Å². The molecule has 0 unspecified atom stereocenters. The molecule has 0 aliphatic rings. The molecule has 0 saturated carbocycles. The Labute approximate surface area is 94.0 Å². The Kier molecular flexibility index (Phi) is 5.52. The molecule has 15 heavy (non-hydrogen) atoms. The molecule has 0 aromatic heterocycles. The van der Waals surface area contributed by atoms with Gasteiger partial charge in [-0.3, -0.25) is 4.79 Å². The summed E-state index contributed by atoms with van der Waals surface area (Å²) in [6, 6.07) is 0. The zero-order valence-electron chi connectivity index (χ0n) is 10.7. The van der Waals surface area contributed by atoms with Crippen LogP contribution in [-0.2, 0) is 9.22 Å². The summed E-state index contributed by atoms with van der Waals surface area (Å²) in [5.74, 6) is -0.474. The van der Waals surface area contributed by atoms with E-state index in [9.17, 15) is 4.79 Å². The third-order valence-corrected chi connectivity index (χ3v) is 9.12. The molecule has 0 aliphatic heterocycles. The molecule has 0 rings (SSSR count). The Bertz CT molecular complexity index is 190. The van der Waals surface area contributed by atoms with E-state index in [1.165, 1.54) is 0 Å². The van der Waals surface area contributed by atoms with Crippen LogP contribution in [0.4, 0.5) is 0 Å². The van der Waals surface area contributed by atoms with Crippen LogP contribution in [0.5, 0.6) is 0 Å². The van der Waals surface area contributed by atoms with E-state index in [0.717, 1.165) is 0 Å². The summed E-state index contributed by atoms with van der Waals surface area (Å²) in [6.45, 7) is 12.1. The minimum absolute atomic E-state index is 0.369. The van der Waals surface area contributed by atoms with Gasteiger partial charge >= 0.3 is 5.97 Å². The van der Waals surface area contributed by atoms with Crippen molar-refractivity contribution < 1.29 is 14.3 Å². The van der Waals surface area contributed by atoms with Crippen LogP contribution in [0.15, 0.2) is 0 Å². The second kappa shape index (κ2) is 5.65. The predicted molar refractivity (Wildman–Crippen MR) is 64.2 cm³/mol. The summed E-state index contributed by atoms with van der Waals surface area (Å²) in [5.41, 5.74) is 1.11. The summed E-state index contributed by atoms with van der Waals surface area (Å²) in [6.07, 6.45) is 0. The predicted octanol–water partition coefficient (Wildman–Crippen LogP) is 2.70. The molecular formula is C11H24O3Si. The van der Waals surface area contributed by atoms with E-state index in [1.807, 2.05) is 0 Å². The lowest BCUT2D eigenvalue weighted by atomic mass is 10.5. The van der Waals surface area contributed by atoms with Crippen molar-refractivity contribution in [2.75, 3.05) is 6.61 Å². The number of aliphatic hydroxyl groups is 1. The average Bonchev–Trinajstić information content (AvgIpc) is 2.11. The maximum atomic E-state index is 11.3. The minimum atomic E-state index is -2.12. The number of hydrogen-bond acceptors (Lipinski definition) is 3. The highest BCUT2D eigenvalue weighted by atomic mass is 28.4. The van der Waals surface area contributed by atoms with Gasteiger partial charge in [0, 0.05) is 0 Å². The highest BCUT2D eigenvalue weighted by Crippen LogP contribution is 2.42. The number of hydrogen-bond donors (Lipinski definition) is 1. The van der Waals surface area contributed by atoms with Gasteiger partial charge in [0.2, 0.25) is 0 Å². The fraction of sp³-hybridized carbons (Fsp3) is 0.909. The van der Waals surface area contributed by atoms with Crippen molar-refractivity contribution in [1.29, 1.82) is 0 Å². The molecule has 0 radical (unpaired) electrons. The van der Waals surface area contributed by atoms with E-state index >= 15 is 0 Å². The number of carbonyl (C=O) groups excluding carboxylic acids is 1. The summed E-state index contributed by atoms with van der Waals surface area (Å²) >= 11 is 0. The van der Waals surface area contributed by atoms with E-state index in [4.69, 9.17) is 9.53 Å². The highest BCUT2D eigenvalue weighted by molar-refractivity contribution is 6.78. The molecule has 0 heterocycles. The first-order valence-electron chi connectivity index (χ1n) is 5.61. The largest absolute Gasteiger partial charge is 0.517 e. The Morgan fingerprint density at radius 2 is 1.40 bits per heavy atom. The van der Waals surface area contributed by atoms with Crippen LogP contribution in [-0.4, -0.2) is 26.0 Å². The molecule has 0 aromatic rings. The maximum Gasteiger partial charge on any atom is 0.318 e. The van der Waals surface area contributed by atoms with Gasteiger partial charge in [0.25, 0.3) is 8.32 Å². The summed E-state index contributed by atoms with van der Waals surface area (Å²) in [7, 11) is -2.12. The highest BCUT2D eigenvalue weighted by Gasteiger charge is 2.47. The van der Waals surface area contributed by atoms with Gasteiger partial charge in [-0.15, -0.1) is 0 Å². The van der Waals surface area contributed by atoms with Crippen LogP contribution in [0, 0.1) is 0 Å². The lowest BCUT2D eigenvalue weighted by Crippen LogP contribution is -2.49. The van der Waals surface area contributed by atoms with Crippen LogP contribution in [0.2, 0.25) is 16.6 Å². The van der Waals surface area contributed by atoms with Crippen molar-refractivity contribution >= 4 is 14.3 Å². The number of carbonyl (C=O) groups is 1.